The summed E-state index contributed by atoms with van der Waals surface area (Å²) in [5.74, 6) is -1.88. The van der Waals surface area contributed by atoms with Gasteiger partial charge in [-0.3, -0.25) is 20.4 Å². The van der Waals surface area contributed by atoms with Gasteiger partial charge in [-0.2, -0.15) is 0 Å². The fourth-order valence-electron chi connectivity index (χ4n) is 2.05. The largest absolute Gasteiger partial charge is 0.496 e. The molecule has 0 spiro atoms. The van der Waals surface area contributed by atoms with E-state index in [9.17, 15) is 14.4 Å². The fraction of sp³-hybridized carbons (Fsp3) is 0.167. The number of hydrazine groups is 1. The van der Waals surface area contributed by atoms with Crippen molar-refractivity contribution in [2.45, 2.75) is 6.92 Å². The van der Waals surface area contributed by atoms with Gasteiger partial charge < -0.3 is 15.2 Å². The number of rotatable bonds is 5. The number of aryl methyl sites for hydroxylation is 1. The Morgan fingerprint density at radius 1 is 1.11 bits per heavy atom. The Morgan fingerprint density at radius 3 is 2.41 bits per heavy atom. The van der Waals surface area contributed by atoms with E-state index in [0.717, 1.165) is 5.56 Å². The lowest BCUT2D eigenvalue weighted by Gasteiger charge is -2.11. The highest BCUT2D eigenvalue weighted by Crippen LogP contribution is 2.29. The van der Waals surface area contributed by atoms with Crippen LogP contribution in [0.4, 0.5) is 5.69 Å². The van der Waals surface area contributed by atoms with Gasteiger partial charge in [0.05, 0.1) is 17.8 Å². The van der Waals surface area contributed by atoms with Crippen molar-refractivity contribution in [2.24, 2.45) is 0 Å². The first-order chi connectivity index (χ1) is 12.8. The number of hydrogen-bond donors (Lipinski definition) is 3. The number of esters is 1. The minimum absolute atomic E-state index is 0.0215. The first-order valence-electron chi connectivity index (χ1n) is 7.77. The van der Waals surface area contributed by atoms with Crippen LogP contribution in [0, 0.1) is 6.92 Å². The van der Waals surface area contributed by atoms with Crippen molar-refractivity contribution in [1.29, 1.82) is 0 Å². The van der Waals surface area contributed by atoms with E-state index in [1.807, 2.05) is 6.92 Å². The number of methoxy groups -OCH3 is 1. The van der Waals surface area contributed by atoms with Crippen LogP contribution in [0.5, 0.6) is 5.75 Å². The second-order valence-corrected chi connectivity index (χ2v) is 5.93. The number of anilines is 1. The monoisotopic (exact) mass is 391 g/mol. The molecule has 2 rings (SSSR count). The van der Waals surface area contributed by atoms with Crippen LogP contribution in [0.15, 0.2) is 36.4 Å². The number of nitrogens with one attached hydrogen (secondary N) is 2. The Hall–Kier alpha value is -3.26. The minimum Gasteiger partial charge on any atom is -0.496 e. The molecule has 2 aromatic carbocycles. The molecule has 0 bridgehead atoms. The van der Waals surface area contributed by atoms with Crippen LogP contribution in [-0.2, 0) is 9.53 Å². The molecule has 0 radical (unpaired) electrons. The summed E-state index contributed by atoms with van der Waals surface area (Å²) >= 11 is 5.89. The van der Waals surface area contributed by atoms with Crippen LogP contribution in [0.2, 0.25) is 5.02 Å². The lowest BCUT2D eigenvalue weighted by Crippen LogP contribution is -2.43. The predicted octanol–water partition coefficient (Wildman–Crippen LogP) is 1.86. The summed E-state index contributed by atoms with van der Waals surface area (Å²) in [6.07, 6.45) is 0. The van der Waals surface area contributed by atoms with E-state index in [0.29, 0.717) is 5.56 Å². The molecule has 0 aliphatic carbocycles. The first-order valence-corrected chi connectivity index (χ1v) is 8.15. The average molecular weight is 392 g/mol. The number of benzene rings is 2. The molecule has 0 fully saturated rings. The van der Waals surface area contributed by atoms with Gasteiger partial charge >= 0.3 is 5.97 Å². The maximum Gasteiger partial charge on any atom is 0.342 e. The summed E-state index contributed by atoms with van der Waals surface area (Å²) < 4.78 is 9.95. The molecule has 0 saturated heterocycles. The summed E-state index contributed by atoms with van der Waals surface area (Å²) in [6, 6.07) is 9.44. The van der Waals surface area contributed by atoms with Gasteiger partial charge in [-0.15, -0.1) is 0 Å². The number of amides is 2. The third-order valence-corrected chi connectivity index (χ3v) is 3.83. The van der Waals surface area contributed by atoms with Crippen molar-refractivity contribution in [3.63, 3.8) is 0 Å². The second kappa shape index (κ2) is 8.91. The zero-order valence-electron chi connectivity index (χ0n) is 14.7. The van der Waals surface area contributed by atoms with Crippen LogP contribution >= 0.6 is 11.6 Å². The Kier molecular flexibility index (Phi) is 6.62. The first kappa shape index (κ1) is 20.1. The molecule has 0 aliphatic heterocycles. The van der Waals surface area contributed by atoms with E-state index in [-0.39, 0.29) is 22.0 Å². The number of halogens is 1. The Labute approximate surface area is 160 Å². The number of carbonyl (C=O) groups excluding carboxylic acids is 3. The lowest BCUT2D eigenvalue weighted by atomic mass is 10.1. The highest BCUT2D eigenvalue weighted by Gasteiger charge is 2.18. The van der Waals surface area contributed by atoms with Crippen molar-refractivity contribution in [3.8, 4) is 5.75 Å². The van der Waals surface area contributed by atoms with Crippen LogP contribution in [0.3, 0.4) is 0 Å². The summed E-state index contributed by atoms with van der Waals surface area (Å²) in [7, 11) is 1.35. The maximum absolute atomic E-state index is 12.1. The van der Waals surface area contributed by atoms with Crippen molar-refractivity contribution in [1.82, 2.24) is 10.9 Å². The maximum atomic E-state index is 12.1. The van der Waals surface area contributed by atoms with Crippen molar-refractivity contribution in [3.05, 3.63) is 58.1 Å². The molecule has 27 heavy (non-hydrogen) atoms. The Balaban J connectivity index is 1.88. The van der Waals surface area contributed by atoms with E-state index in [2.05, 4.69) is 10.9 Å². The minimum atomic E-state index is -0.825. The zero-order chi connectivity index (χ0) is 20.0. The highest BCUT2D eigenvalue weighted by molar-refractivity contribution is 6.33. The van der Waals surface area contributed by atoms with E-state index in [4.69, 9.17) is 26.8 Å². The zero-order valence-corrected chi connectivity index (χ0v) is 15.4. The molecule has 0 heterocycles. The Morgan fingerprint density at radius 2 is 1.78 bits per heavy atom. The van der Waals surface area contributed by atoms with Gasteiger partial charge in [0.25, 0.3) is 11.8 Å². The Bertz CT molecular complexity index is 868. The van der Waals surface area contributed by atoms with Gasteiger partial charge in [-0.05, 0) is 25.1 Å². The van der Waals surface area contributed by atoms with E-state index in [1.165, 1.54) is 19.2 Å². The molecular weight excluding hydrogens is 374 g/mol. The quantitative estimate of drug-likeness (QED) is 0.406. The van der Waals surface area contributed by atoms with Gasteiger partial charge in [-0.25, -0.2) is 4.79 Å². The van der Waals surface area contributed by atoms with Crippen molar-refractivity contribution >= 4 is 35.1 Å². The molecule has 142 valence electrons. The summed E-state index contributed by atoms with van der Waals surface area (Å²) in [5, 5.41) is 0.151. The van der Waals surface area contributed by atoms with Crippen LogP contribution in [-0.4, -0.2) is 31.5 Å². The summed E-state index contributed by atoms with van der Waals surface area (Å²) in [4.78, 5) is 35.8. The normalized spacial score (nSPS) is 10.0. The molecule has 2 aromatic rings. The van der Waals surface area contributed by atoms with Crippen LogP contribution in [0.1, 0.15) is 26.3 Å². The van der Waals surface area contributed by atoms with Gasteiger partial charge in [0, 0.05) is 11.6 Å². The summed E-state index contributed by atoms with van der Waals surface area (Å²) in [5.41, 5.74) is 11.7. The number of nitrogen functional groups attached to an aromatic ring is 1. The summed E-state index contributed by atoms with van der Waals surface area (Å²) in [6.45, 7) is 1.28. The lowest BCUT2D eigenvalue weighted by molar-refractivity contribution is -0.125. The van der Waals surface area contributed by atoms with E-state index in [1.54, 1.807) is 24.3 Å². The molecular formula is C18H18ClN3O5. The highest BCUT2D eigenvalue weighted by atomic mass is 35.5. The standard InChI is InChI=1S/C18H18ClN3O5/c1-10-3-5-11(6-4-10)17(24)22-21-16(23)9-27-18(25)12-7-13(19)14(20)8-15(12)26-2/h3-8H,9,20H2,1-2H3,(H,21,23)(H,22,24). The molecule has 0 saturated carbocycles. The van der Waals surface area contributed by atoms with Gasteiger partial charge in [0.2, 0.25) is 0 Å². The molecule has 0 atom stereocenters. The topological polar surface area (TPSA) is 120 Å². The molecule has 0 aromatic heterocycles. The molecule has 2 amide bonds. The number of nitrogens with two attached hydrogens (primary N) is 1. The molecule has 8 nitrogen and oxygen atoms in total. The molecule has 4 N–H and O–H groups in total. The molecule has 9 heteroatoms. The van der Waals surface area contributed by atoms with E-state index >= 15 is 0 Å². The average Bonchev–Trinajstić information content (AvgIpc) is 2.66. The third-order valence-electron chi connectivity index (χ3n) is 3.50. The van der Waals surface area contributed by atoms with Crippen molar-refractivity contribution < 1.29 is 23.9 Å². The smallest absolute Gasteiger partial charge is 0.342 e. The van der Waals surface area contributed by atoms with Crippen molar-refractivity contribution in [2.75, 3.05) is 19.5 Å². The number of ether oxygens (including phenoxy) is 2. The SMILES string of the molecule is COc1cc(N)c(Cl)cc1C(=O)OCC(=O)NNC(=O)c1ccc(C)cc1. The molecule has 0 unspecified atom stereocenters. The number of hydrogen-bond acceptors (Lipinski definition) is 6. The number of carbonyl (C=O) groups is 3. The van der Waals surface area contributed by atoms with Crippen LogP contribution < -0.4 is 21.3 Å². The second-order valence-electron chi connectivity index (χ2n) is 5.52. The van der Waals surface area contributed by atoms with Crippen LogP contribution in [0.25, 0.3) is 0 Å². The predicted molar refractivity (Wildman–Crippen MR) is 99.5 cm³/mol. The molecule has 0 aliphatic rings. The van der Waals surface area contributed by atoms with Gasteiger partial charge in [0.15, 0.2) is 6.61 Å². The third kappa shape index (κ3) is 5.35. The fourth-order valence-corrected chi connectivity index (χ4v) is 2.21. The van der Waals surface area contributed by atoms with E-state index < -0.39 is 24.4 Å². The van der Waals surface area contributed by atoms with Gasteiger partial charge in [-0.1, -0.05) is 29.3 Å². The van der Waals surface area contributed by atoms with Gasteiger partial charge in [0.1, 0.15) is 11.3 Å².